The number of nitrogens with zero attached hydrogens (tertiary/aromatic N) is 4. The van der Waals surface area contributed by atoms with Gasteiger partial charge in [0.05, 0.1) is 19.1 Å². The van der Waals surface area contributed by atoms with Crippen molar-refractivity contribution < 1.29 is 14.1 Å². The first-order valence-corrected chi connectivity index (χ1v) is 9.69. The molecule has 1 fully saturated rings. The molecule has 1 aromatic carbocycles. The van der Waals surface area contributed by atoms with Crippen LogP contribution >= 0.6 is 35.6 Å². The van der Waals surface area contributed by atoms with E-state index >= 15 is 0 Å². The lowest BCUT2D eigenvalue weighted by Crippen LogP contribution is -2.46. The molecule has 1 aromatic heterocycles. The number of aliphatic imine (C=N–C) groups is 1. The summed E-state index contributed by atoms with van der Waals surface area (Å²) < 4.78 is 10.4. The first-order valence-electron chi connectivity index (χ1n) is 9.31. The summed E-state index contributed by atoms with van der Waals surface area (Å²) in [4.78, 5) is 22.7. The molecular formula is C19H25ClIN5O3. The second kappa shape index (κ2) is 11.3. The molecule has 0 spiro atoms. The van der Waals surface area contributed by atoms with Crippen LogP contribution in [0.25, 0.3) is 11.4 Å². The third-order valence-corrected chi connectivity index (χ3v) is 4.85. The second-order valence-corrected chi connectivity index (χ2v) is 6.87. The van der Waals surface area contributed by atoms with Gasteiger partial charge in [-0.25, -0.2) is 0 Å². The maximum atomic E-state index is 11.9. The van der Waals surface area contributed by atoms with Crippen molar-refractivity contribution in [3.8, 4) is 11.4 Å². The van der Waals surface area contributed by atoms with Crippen LogP contribution in [-0.4, -0.2) is 53.7 Å². The fourth-order valence-electron chi connectivity index (χ4n) is 3.12. The number of hydrogen-bond donors (Lipinski definition) is 1. The Hall–Kier alpha value is -1.88. The molecule has 0 bridgehead atoms. The average Bonchev–Trinajstić information content (AvgIpc) is 3.18. The molecule has 1 aliphatic rings. The number of carbonyl (C=O) groups is 1. The van der Waals surface area contributed by atoms with Crippen molar-refractivity contribution in [2.24, 2.45) is 10.9 Å². The number of aromatic nitrogens is 2. The molecular weight excluding hydrogens is 509 g/mol. The number of carbonyl (C=O) groups excluding carboxylic acids is 1. The van der Waals surface area contributed by atoms with Crippen LogP contribution in [0.2, 0.25) is 5.02 Å². The zero-order valence-corrected chi connectivity index (χ0v) is 19.5. The van der Waals surface area contributed by atoms with E-state index < -0.39 is 0 Å². The molecule has 0 amide bonds. The Kier molecular flexibility index (Phi) is 9.15. The van der Waals surface area contributed by atoms with E-state index in [9.17, 15) is 4.79 Å². The summed E-state index contributed by atoms with van der Waals surface area (Å²) in [6.45, 7) is 4.09. The number of halogens is 2. The van der Waals surface area contributed by atoms with Crippen molar-refractivity contribution in [1.82, 2.24) is 20.4 Å². The predicted molar refractivity (Wildman–Crippen MR) is 121 cm³/mol. The van der Waals surface area contributed by atoms with Crippen molar-refractivity contribution in [2.45, 2.75) is 26.3 Å². The largest absolute Gasteiger partial charge is 0.466 e. The Balaban J connectivity index is 0.00000300. The zero-order valence-electron chi connectivity index (χ0n) is 16.4. The van der Waals surface area contributed by atoms with Crippen molar-refractivity contribution in [3.63, 3.8) is 0 Å². The van der Waals surface area contributed by atoms with Gasteiger partial charge in [0.25, 0.3) is 0 Å². The van der Waals surface area contributed by atoms with Crippen LogP contribution in [0.15, 0.2) is 33.8 Å². The fraction of sp³-hybridized carbons (Fsp3) is 0.474. The molecule has 0 unspecified atom stereocenters. The van der Waals surface area contributed by atoms with Crippen LogP contribution in [0.4, 0.5) is 0 Å². The van der Waals surface area contributed by atoms with E-state index in [0.717, 1.165) is 37.5 Å². The highest BCUT2D eigenvalue weighted by Gasteiger charge is 2.27. The van der Waals surface area contributed by atoms with E-state index in [1.165, 1.54) is 0 Å². The number of nitrogens with one attached hydrogen (secondary N) is 1. The number of esters is 1. The summed E-state index contributed by atoms with van der Waals surface area (Å²) in [6.07, 6.45) is 1.50. The molecule has 2 heterocycles. The average molecular weight is 534 g/mol. The maximum absolute atomic E-state index is 11.9. The Morgan fingerprint density at radius 2 is 2.03 bits per heavy atom. The quantitative estimate of drug-likeness (QED) is 0.273. The number of benzene rings is 1. The first kappa shape index (κ1) is 23.4. The highest BCUT2D eigenvalue weighted by molar-refractivity contribution is 14.0. The lowest BCUT2D eigenvalue weighted by atomic mass is 9.97. The molecule has 1 N–H and O–H groups in total. The minimum absolute atomic E-state index is 0. The van der Waals surface area contributed by atoms with E-state index in [1.807, 2.05) is 19.1 Å². The zero-order chi connectivity index (χ0) is 19.9. The van der Waals surface area contributed by atoms with Gasteiger partial charge in [-0.3, -0.25) is 9.79 Å². The SMILES string of the molecule is CCOC(=O)C1CCN(C(=NC)NCc2nc(-c3ccc(Cl)cc3)no2)CC1.I. The van der Waals surface area contributed by atoms with Crippen LogP contribution in [0.1, 0.15) is 25.7 Å². The Labute approximate surface area is 192 Å². The van der Waals surface area contributed by atoms with Gasteiger partial charge in [0.1, 0.15) is 0 Å². The monoisotopic (exact) mass is 533 g/mol. The molecule has 29 heavy (non-hydrogen) atoms. The van der Waals surface area contributed by atoms with Crippen LogP contribution in [0, 0.1) is 5.92 Å². The molecule has 0 aliphatic carbocycles. The number of guanidine groups is 1. The van der Waals surface area contributed by atoms with E-state index in [0.29, 0.717) is 29.9 Å². The molecule has 0 atom stereocenters. The van der Waals surface area contributed by atoms with Crippen molar-refractivity contribution in [1.29, 1.82) is 0 Å². The van der Waals surface area contributed by atoms with Gasteiger partial charge in [-0.2, -0.15) is 4.98 Å². The van der Waals surface area contributed by atoms with Crippen LogP contribution in [-0.2, 0) is 16.1 Å². The number of ether oxygens (including phenoxy) is 1. The van der Waals surface area contributed by atoms with Crippen molar-refractivity contribution in [2.75, 3.05) is 26.7 Å². The van der Waals surface area contributed by atoms with Crippen LogP contribution in [0.3, 0.4) is 0 Å². The van der Waals surface area contributed by atoms with Gasteiger partial charge in [-0.05, 0) is 44.0 Å². The number of rotatable bonds is 5. The fourth-order valence-corrected chi connectivity index (χ4v) is 3.24. The Morgan fingerprint density at radius 3 is 2.66 bits per heavy atom. The highest BCUT2D eigenvalue weighted by atomic mass is 127. The van der Waals surface area contributed by atoms with Gasteiger partial charge in [-0.15, -0.1) is 24.0 Å². The summed E-state index contributed by atoms with van der Waals surface area (Å²) in [5.74, 6) is 1.58. The van der Waals surface area contributed by atoms with Crippen molar-refractivity contribution in [3.05, 3.63) is 35.2 Å². The Morgan fingerprint density at radius 1 is 1.34 bits per heavy atom. The standard InChI is InChI=1S/C19H24ClN5O3.HI/c1-3-27-18(26)14-8-10-25(11-9-14)19(21-2)22-12-16-23-17(24-28-16)13-4-6-15(20)7-5-13;/h4-7,14H,3,8-12H2,1-2H3,(H,21,22);1H. The molecule has 1 saturated heterocycles. The molecule has 3 rings (SSSR count). The van der Waals surface area contributed by atoms with Gasteiger partial charge in [0, 0.05) is 30.7 Å². The van der Waals surface area contributed by atoms with Crippen LogP contribution < -0.4 is 5.32 Å². The van der Waals surface area contributed by atoms with E-state index in [2.05, 4.69) is 25.3 Å². The molecule has 0 radical (unpaired) electrons. The first-order chi connectivity index (χ1) is 13.6. The normalized spacial score (nSPS) is 15.0. The van der Waals surface area contributed by atoms with Gasteiger partial charge in [0.15, 0.2) is 5.96 Å². The van der Waals surface area contributed by atoms with Crippen LogP contribution in [0.5, 0.6) is 0 Å². The third-order valence-electron chi connectivity index (χ3n) is 4.59. The Bertz CT molecular complexity index is 820. The molecule has 1 aliphatic heterocycles. The smallest absolute Gasteiger partial charge is 0.309 e. The predicted octanol–water partition coefficient (Wildman–Crippen LogP) is 3.36. The van der Waals surface area contributed by atoms with Crippen molar-refractivity contribution >= 4 is 47.5 Å². The maximum Gasteiger partial charge on any atom is 0.309 e. The van der Waals surface area contributed by atoms with Gasteiger partial charge in [-0.1, -0.05) is 16.8 Å². The third kappa shape index (κ3) is 6.30. The summed E-state index contributed by atoms with van der Waals surface area (Å²) in [5, 5.41) is 7.90. The number of piperidine rings is 1. The summed E-state index contributed by atoms with van der Waals surface area (Å²) in [7, 11) is 1.73. The van der Waals surface area contributed by atoms with E-state index in [1.54, 1.807) is 19.2 Å². The van der Waals surface area contributed by atoms with Gasteiger partial charge < -0.3 is 19.5 Å². The molecule has 158 valence electrons. The second-order valence-electron chi connectivity index (χ2n) is 6.43. The molecule has 8 nitrogen and oxygen atoms in total. The molecule has 0 saturated carbocycles. The number of likely N-dealkylation sites (tertiary alicyclic amines) is 1. The number of hydrogen-bond acceptors (Lipinski definition) is 6. The van der Waals surface area contributed by atoms with Gasteiger partial charge in [0.2, 0.25) is 11.7 Å². The van der Waals surface area contributed by atoms with Gasteiger partial charge >= 0.3 is 5.97 Å². The molecule has 2 aromatic rings. The summed E-state index contributed by atoms with van der Waals surface area (Å²) in [6, 6.07) is 7.26. The topological polar surface area (TPSA) is 92.8 Å². The van der Waals surface area contributed by atoms with E-state index in [4.69, 9.17) is 20.9 Å². The highest BCUT2D eigenvalue weighted by Crippen LogP contribution is 2.20. The lowest BCUT2D eigenvalue weighted by molar-refractivity contribution is -0.149. The minimum atomic E-state index is -0.106. The minimum Gasteiger partial charge on any atom is -0.466 e. The lowest BCUT2D eigenvalue weighted by Gasteiger charge is -2.33. The summed E-state index contributed by atoms with van der Waals surface area (Å²) in [5.41, 5.74) is 0.838. The molecule has 10 heteroatoms. The summed E-state index contributed by atoms with van der Waals surface area (Å²) >= 11 is 5.90. The van der Waals surface area contributed by atoms with E-state index in [-0.39, 0.29) is 35.9 Å².